The minimum atomic E-state index is -0.262. The highest BCUT2D eigenvalue weighted by atomic mass is 127. The molecule has 88 valence electrons. The number of halogens is 1. The van der Waals surface area contributed by atoms with Crippen molar-refractivity contribution < 1.29 is 0 Å². The van der Waals surface area contributed by atoms with Gasteiger partial charge in [0.1, 0.15) is 0 Å². The quantitative estimate of drug-likeness (QED) is 0.779. The molecule has 2 aromatic rings. The zero-order valence-corrected chi connectivity index (χ0v) is 11.7. The van der Waals surface area contributed by atoms with Gasteiger partial charge in [0.05, 0.1) is 5.69 Å². The number of hydrogen-bond donors (Lipinski definition) is 0. The van der Waals surface area contributed by atoms with Crippen LogP contribution in [0.3, 0.4) is 0 Å². The lowest BCUT2D eigenvalue weighted by Crippen LogP contribution is -2.22. The van der Waals surface area contributed by atoms with Crippen LogP contribution < -0.4 is 5.69 Å². The first-order valence-corrected chi connectivity index (χ1v) is 6.04. The Labute approximate surface area is 112 Å². The van der Waals surface area contributed by atoms with Crippen LogP contribution in [0, 0.1) is 3.57 Å². The molecule has 1 heterocycles. The first-order chi connectivity index (χ1) is 8.02. The van der Waals surface area contributed by atoms with E-state index in [0.717, 1.165) is 20.4 Å². The van der Waals surface area contributed by atoms with Gasteiger partial charge >= 0.3 is 5.69 Å². The molecular weight excluding hydrogens is 331 g/mol. The van der Waals surface area contributed by atoms with Crippen LogP contribution >= 0.6 is 22.6 Å². The third kappa shape index (κ3) is 2.04. The van der Waals surface area contributed by atoms with Gasteiger partial charge in [0.25, 0.3) is 0 Å². The van der Waals surface area contributed by atoms with E-state index in [9.17, 15) is 4.79 Å². The first kappa shape index (κ1) is 12.0. The molecule has 5 nitrogen and oxygen atoms in total. The smallest absolute Gasteiger partial charge is 0.244 e. The third-order valence-electron chi connectivity index (χ3n) is 2.39. The Bertz CT molecular complexity index is 641. The summed E-state index contributed by atoms with van der Waals surface area (Å²) in [6.45, 7) is 5.85. The van der Waals surface area contributed by atoms with E-state index in [0.29, 0.717) is 0 Å². The van der Waals surface area contributed by atoms with Gasteiger partial charge in [-0.25, -0.2) is 4.79 Å². The van der Waals surface area contributed by atoms with E-state index in [4.69, 9.17) is 0 Å². The van der Waals surface area contributed by atoms with E-state index in [1.165, 1.54) is 9.36 Å². The van der Waals surface area contributed by atoms with Crippen LogP contribution in [-0.2, 0) is 7.05 Å². The fourth-order valence-electron chi connectivity index (χ4n) is 1.48. The van der Waals surface area contributed by atoms with Crippen LogP contribution in [0.2, 0.25) is 0 Å². The van der Waals surface area contributed by atoms with Crippen molar-refractivity contribution in [2.75, 3.05) is 0 Å². The molecule has 0 spiro atoms. The largest absolute Gasteiger partial charge is 0.368 e. The highest BCUT2D eigenvalue weighted by Crippen LogP contribution is 2.24. The van der Waals surface area contributed by atoms with Crippen LogP contribution in [0.15, 0.2) is 29.6 Å². The lowest BCUT2D eigenvalue weighted by atomic mass is 10.1. The Morgan fingerprint density at radius 3 is 2.65 bits per heavy atom. The van der Waals surface area contributed by atoms with Crippen LogP contribution in [-0.4, -0.2) is 19.8 Å². The predicted molar refractivity (Wildman–Crippen MR) is 74.0 cm³/mol. The Balaban J connectivity index is 2.69. The monoisotopic (exact) mass is 342 g/mol. The van der Waals surface area contributed by atoms with Crippen molar-refractivity contribution in [3.05, 3.63) is 44.4 Å². The number of aryl methyl sites for hydroxylation is 1. The van der Waals surface area contributed by atoms with Gasteiger partial charge in [-0.2, -0.15) is 9.36 Å². The number of benzene rings is 1. The number of hydrogen-bond acceptors (Lipinski definition) is 3. The molecule has 1 aromatic heterocycles. The number of aromatic nitrogens is 4. The van der Waals surface area contributed by atoms with Gasteiger partial charge in [0, 0.05) is 10.6 Å². The highest BCUT2D eigenvalue weighted by Gasteiger charge is 2.12. The maximum Gasteiger partial charge on any atom is 0.368 e. The molecule has 0 unspecified atom stereocenters. The summed E-state index contributed by atoms with van der Waals surface area (Å²) in [5.41, 5.74) is 2.43. The lowest BCUT2D eigenvalue weighted by molar-refractivity contribution is 0.693. The van der Waals surface area contributed by atoms with Crippen molar-refractivity contribution in [1.29, 1.82) is 0 Å². The second-order valence-corrected chi connectivity index (χ2v) is 4.79. The van der Waals surface area contributed by atoms with Crippen molar-refractivity contribution in [3.8, 4) is 5.69 Å². The molecule has 0 saturated heterocycles. The summed E-state index contributed by atoms with van der Waals surface area (Å²) in [5.74, 6) is 0. The van der Waals surface area contributed by atoms with Gasteiger partial charge in [0.15, 0.2) is 0 Å². The summed E-state index contributed by atoms with van der Waals surface area (Å²) in [6.07, 6.45) is 0. The Kier molecular flexibility index (Phi) is 3.14. The average molecular weight is 342 g/mol. The summed E-state index contributed by atoms with van der Waals surface area (Å²) in [6, 6.07) is 5.68. The van der Waals surface area contributed by atoms with Gasteiger partial charge in [-0.15, -0.1) is 0 Å². The summed E-state index contributed by atoms with van der Waals surface area (Å²) < 4.78 is 3.43. The summed E-state index contributed by atoms with van der Waals surface area (Å²) in [5, 5.41) is 7.53. The minimum absolute atomic E-state index is 0.262. The number of rotatable bonds is 2. The highest BCUT2D eigenvalue weighted by molar-refractivity contribution is 14.1. The van der Waals surface area contributed by atoms with Crippen molar-refractivity contribution >= 4 is 28.2 Å². The van der Waals surface area contributed by atoms with Crippen LogP contribution in [0.4, 0.5) is 0 Å². The molecular formula is C11H11IN4O. The maximum absolute atomic E-state index is 11.8. The molecule has 6 heteroatoms. The summed E-state index contributed by atoms with van der Waals surface area (Å²) in [7, 11) is 1.57. The topological polar surface area (TPSA) is 52.7 Å². The van der Waals surface area contributed by atoms with Crippen LogP contribution in [0.5, 0.6) is 0 Å². The molecule has 1 aromatic carbocycles. The molecule has 0 aliphatic carbocycles. The fraction of sp³-hybridized carbons (Fsp3) is 0.182. The molecule has 0 saturated carbocycles. The van der Waals surface area contributed by atoms with Crippen molar-refractivity contribution in [2.24, 2.45) is 7.05 Å². The van der Waals surface area contributed by atoms with E-state index < -0.39 is 0 Å². The number of tetrazole rings is 1. The second-order valence-electron chi connectivity index (χ2n) is 3.72. The normalized spacial score (nSPS) is 10.5. The predicted octanol–water partition coefficient (Wildman–Crippen LogP) is 1.60. The summed E-state index contributed by atoms with van der Waals surface area (Å²) in [4.78, 5) is 11.8. The van der Waals surface area contributed by atoms with Gasteiger partial charge in [-0.3, -0.25) is 0 Å². The molecule has 0 N–H and O–H groups in total. The molecule has 17 heavy (non-hydrogen) atoms. The van der Waals surface area contributed by atoms with Gasteiger partial charge in [-0.05, 0) is 57.1 Å². The third-order valence-corrected chi connectivity index (χ3v) is 3.52. The second kappa shape index (κ2) is 4.44. The zero-order valence-electron chi connectivity index (χ0n) is 9.51. The average Bonchev–Trinajstić information content (AvgIpc) is 2.60. The Morgan fingerprint density at radius 1 is 1.41 bits per heavy atom. The molecule has 0 aliphatic heterocycles. The number of nitrogens with zero attached hydrogens (tertiary/aromatic N) is 4. The Hall–Kier alpha value is -1.44. The van der Waals surface area contributed by atoms with E-state index in [1.807, 2.05) is 25.1 Å². The van der Waals surface area contributed by atoms with Gasteiger partial charge < -0.3 is 0 Å². The molecule has 0 aliphatic rings. The van der Waals surface area contributed by atoms with E-state index in [-0.39, 0.29) is 5.69 Å². The maximum atomic E-state index is 11.8. The van der Waals surface area contributed by atoms with Crippen LogP contribution in [0.1, 0.15) is 12.5 Å². The van der Waals surface area contributed by atoms with E-state index in [1.54, 1.807) is 7.05 Å². The molecule has 2 rings (SSSR count). The minimum Gasteiger partial charge on any atom is -0.244 e. The molecule has 0 atom stereocenters. The van der Waals surface area contributed by atoms with Gasteiger partial charge in [-0.1, -0.05) is 18.7 Å². The van der Waals surface area contributed by atoms with E-state index in [2.05, 4.69) is 39.6 Å². The SMILES string of the molecule is C=C(C)c1cccc(-n2nnn(C)c2=O)c1I. The van der Waals surface area contributed by atoms with Crippen LogP contribution in [0.25, 0.3) is 11.3 Å². The molecule has 0 fully saturated rings. The van der Waals surface area contributed by atoms with Gasteiger partial charge in [0.2, 0.25) is 0 Å². The standard InChI is InChI=1S/C11H11IN4O/c1-7(2)8-5-4-6-9(10(8)12)16-11(17)15(3)13-14-16/h4-6H,1H2,2-3H3. The van der Waals surface area contributed by atoms with Crippen molar-refractivity contribution in [3.63, 3.8) is 0 Å². The van der Waals surface area contributed by atoms with Crippen molar-refractivity contribution in [2.45, 2.75) is 6.92 Å². The number of allylic oxidation sites excluding steroid dienone is 1. The zero-order chi connectivity index (χ0) is 12.6. The molecule has 0 bridgehead atoms. The van der Waals surface area contributed by atoms with Crippen molar-refractivity contribution in [1.82, 2.24) is 19.8 Å². The Morgan fingerprint density at radius 2 is 2.12 bits per heavy atom. The molecule has 0 amide bonds. The fourth-order valence-corrected chi connectivity index (χ4v) is 2.53. The molecule has 0 radical (unpaired) electrons. The first-order valence-electron chi connectivity index (χ1n) is 4.96. The summed E-state index contributed by atoms with van der Waals surface area (Å²) >= 11 is 2.19. The van der Waals surface area contributed by atoms with E-state index >= 15 is 0 Å². The lowest BCUT2D eigenvalue weighted by Gasteiger charge is -2.07.